The Labute approximate surface area is 137 Å². The maximum atomic E-state index is 12.4. The van der Waals surface area contributed by atoms with Crippen molar-refractivity contribution in [3.05, 3.63) is 54.4 Å². The number of aromatic amines is 1. The molecular weight excluding hydrogens is 310 g/mol. The van der Waals surface area contributed by atoms with Crippen LogP contribution in [0.25, 0.3) is 11.0 Å². The predicted octanol–water partition coefficient (Wildman–Crippen LogP) is 1.55. The molecule has 2 aromatic carbocycles. The molecule has 1 atom stereocenters. The highest BCUT2D eigenvalue weighted by atomic mass is 16.5. The van der Waals surface area contributed by atoms with Gasteiger partial charge in [-0.1, -0.05) is 6.07 Å². The van der Waals surface area contributed by atoms with Gasteiger partial charge in [0, 0.05) is 5.69 Å². The Morgan fingerprint density at radius 1 is 1.25 bits per heavy atom. The summed E-state index contributed by atoms with van der Waals surface area (Å²) in [6, 6.07) is 12.1. The maximum Gasteiger partial charge on any atom is 0.257 e. The van der Waals surface area contributed by atoms with E-state index in [9.17, 15) is 9.90 Å². The summed E-state index contributed by atoms with van der Waals surface area (Å²) in [5.74, 6) is 0.284. The van der Waals surface area contributed by atoms with Crippen molar-refractivity contribution in [1.29, 1.82) is 0 Å². The van der Waals surface area contributed by atoms with Gasteiger partial charge in [-0.05, 0) is 36.4 Å². The molecule has 1 unspecified atom stereocenters. The van der Waals surface area contributed by atoms with Crippen molar-refractivity contribution in [3.63, 3.8) is 0 Å². The number of amides is 1. The third-order valence-electron chi connectivity index (χ3n) is 3.46. The molecule has 1 heterocycles. The first kappa shape index (κ1) is 16.0. The van der Waals surface area contributed by atoms with Gasteiger partial charge < -0.3 is 25.3 Å². The van der Waals surface area contributed by atoms with Crippen LogP contribution in [0.2, 0.25) is 0 Å². The van der Waals surface area contributed by atoms with Crippen LogP contribution in [0.5, 0.6) is 5.75 Å². The van der Waals surface area contributed by atoms with Crippen LogP contribution in [0.15, 0.2) is 48.8 Å². The van der Waals surface area contributed by atoms with Crippen LogP contribution in [0.4, 0.5) is 5.69 Å². The van der Waals surface area contributed by atoms with Gasteiger partial charge in [0.25, 0.3) is 5.91 Å². The van der Waals surface area contributed by atoms with Gasteiger partial charge >= 0.3 is 0 Å². The molecule has 0 saturated carbocycles. The second kappa shape index (κ2) is 7.12. The number of hydrogen-bond donors (Lipinski definition) is 4. The number of benzene rings is 2. The van der Waals surface area contributed by atoms with E-state index >= 15 is 0 Å². The van der Waals surface area contributed by atoms with E-state index in [1.54, 1.807) is 42.7 Å². The van der Waals surface area contributed by atoms with Gasteiger partial charge in [0.1, 0.15) is 24.0 Å². The van der Waals surface area contributed by atoms with Crippen molar-refractivity contribution in [2.75, 3.05) is 18.5 Å². The zero-order chi connectivity index (χ0) is 16.9. The molecule has 0 spiro atoms. The van der Waals surface area contributed by atoms with Gasteiger partial charge in [0.15, 0.2) is 0 Å². The lowest BCUT2D eigenvalue weighted by atomic mass is 10.1. The van der Waals surface area contributed by atoms with E-state index in [0.29, 0.717) is 22.5 Å². The van der Waals surface area contributed by atoms with Crippen molar-refractivity contribution in [1.82, 2.24) is 9.97 Å². The Balaban J connectivity index is 1.67. The minimum absolute atomic E-state index is 0.00334. The largest absolute Gasteiger partial charge is 0.491 e. The minimum Gasteiger partial charge on any atom is -0.491 e. The van der Waals surface area contributed by atoms with Crippen LogP contribution in [0.1, 0.15) is 10.4 Å². The molecule has 7 heteroatoms. The van der Waals surface area contributed by atoms with Crippen molar-refractivity contribution in [2.24, 2.45) is 0 Å². The van der Waals surface area contributed by atoms with Crippen LogP contribution in [-0.2, 0) is 0 Å². The summed E-state index contributed by atoms with van der Waals surface area (Å²) in [5.41, 5.74) is 2.52. The molecule has 0 bridgehead atoms. The number of carbonyl (C=O) groups is 1. The number of H-pyrrole nitrogens is 1. The maximum absolute atomic E-state index is 12.4. The highest BCUT2D eigenvalue weighted by Crippen LogP contribution is 2.19. The molecule has 4 N–H and O–H groups in total. The minimum atomic E-state index is -0.918. The van der Waals surface area contributed by atoms with Crippen LogP contribution in [0.3, 0.4) is 0 Å². The first-order valence-corrected chi connectivity index (χ1v) is 7.42. The highest BCUT2D eigenvalue weighted by Gasteiger charge is 2.12. The molecule has 0 fully saturated rings. The topological polar surface area (TPSA) is 107 Å². The van der Waals surface area contributed by atoms with Crippen molar-refractivity contribution >= 4 is 22.6 Å². The lowest BCUT2D eigenvalue weighted by Crippen LogP contribution is -2.21. The summed E-state index contributed by atoms with van der Waals surface area (Å²) in [5, 5.41) is 20.8. The number of ether oxygens (including phenoxy) is 1. The fraction of sp³-hybridized carbons (Fsp3) is 0.176. The summed E-state index contributed by atoms with van der Waals surface area (Å²) in [7, 11) is 0. The number of hydrogen-bond acceptors (Lipinski definition) is 5. The van der Waals surface area contributed by atoms with Crippen molar-refractivity contribution in [3.8, 4) is 5.75 Å². The van der Waals surface area contributed by atoms with Gasteiger partial charge in [0.2, 0.25) is 0 Å². The van der Waals surface area contributed by atoms with Gasteiger partial charge in [0.05, 0.1) is 24.0 Å². The molecular formula is C17H17N3O4. The molecule has 0 radical (unpaired) electrons. The smallest absolute Gasteiger partial charge is 0.257 e. The van der Waals surface area contributed by atoms with E-state index in [4.69, 9.17) is 9.84 Å². The average Bonchev–Trinajstić information content (AvgIpc) is 3.09. The summed E-state index contributed by atoms with van der Waals surface area (Å²) in [6.45, 7) is -0.351. The third kappa shape index (κ3) is 3.53. The zero-order valence-electron chi connectivity index (χ0n) is 12.8. The van der Waals surface area contributed by atoms with Crippen LogP contribution in [0, 0.1) is 0 Å². The fourth-order valence-corrected chi connectivity index (χ4v) is 2.23. The molecule has 3 aromatic rings. The molecule has 1 aromatic heterocycles. The van der Waals surface area contributed by atoms with Crippen LogP contribution >= 0.6 is 0 Å². The quantitative estimate of drug-likeness (QED) is 0.549. The Morgan fingerprint density at radius 2 is 2.04 bits per heavy atom. The first-order valence-electron chi connectivity index (χ1n) is 7.42. The fourth-order valence-electron chi connectivity index (χ4n) is 2.23. The number of para-hydroxylation sites is 1. The average molecular weight is 327 g/mol. The number of rotatable bonds is 6. The number of carbonyl (C=O) groups excluding carboxylic acids is 1. The number of imidazole rings is 1. The number of nitrogens with zero attached hydrogens (tertiary/aromatic N) is 1. The molecule has 0 aliphatic heterocycles. The Bertz CT molecular complexity index is 829. The van der Waals surface area contributed by atoms with E-state index < -0.39 is 6.10 Å². The Morgan fingerprint density at radius 3 is 2.79 bits per heavy atom. The third-order valence-corrected chi connectivity index (χ3v) is 3.46. The van der Waals surface area contributed by atoms with Gasteiger partial charge in [-0.25, -0.2) is 4.98 Å². The second-order valence-corrected chi connectivity index (χ2v) is 5.23. The summed E-state index contributed by atoms with van der Waals surface area (Å²) >= 11 is 0. The van der Waals surface area contributed by atoms with E-state index in [2.05, 4.69) is 15.3 Å². The van der Waals surface area contributed by atoms with E-state index in [1.807, 2.05) is 6.07 Å². The standard InChI is InChI=1S/C17H17N3O4/c21-8-12(22)9-24-13-6-4-11(5-7-13)20-17(23)14-2-1-3-15-16(14)19-10-18-15/h1-7,10,12,21-22H,8-9H2,(H,18,19)(H,20,23). The molecule has 0 aliphatic rings. The highest BCUT2D eigenvalue weighted by molar-refractivity contribution is 6.11. The van der Waals surface area contributed by atoms with E-state index in [-0.39, 0.29) is 19.1 Å². The SMILES string of the molecule is O=C(Nc1ccc(OCC(O)CO)cc1)c1cccc2[nH]cnc12. The van der Waals surface area contributed by atoms with Crippen molar-refractivity contribution < 1.29 is 19.7 Å². The van der Waals surface area contributed by atoms with Gasteiger partial charge in [-0.15, -0.1) is 0 Å². The first-order chi connectivity index (χ1) is 11.7. The Hall–Kier alpha value is -2.90. The number of aromatic nitrogens is 2. The lowest BCUT2D eigenvalue weighted by molar-refractivity contribution is 0.0536. The Kier molecular flexibility index (Phi) is 4.74. The van der Waals surface area contributed by atoms with Crippen LogP contribution in [-0.4, -0.2) is 45.4 Å². The predicted molar refractivity (Wildman–Crippen MR) is 89.1 cm³/mol. The molecule has 7 nitrogen and oxygen atoms in total. The van der Waals surface area contributed by atoms with Gasteiger partial charge in [-0.3, -0.25) is 4.79 Å². The number of aliphatic hydroxyl groups excluding tert-OH is 2. The molecule has 24 heavy (non-hydrogen) atoms. The number of aliphatic hydroxyl groups is 2. The summed E-state index contributed by atoms with van der Waals surface area (Å²) in [4.78, 5) is 19.5. The van der Waals surface area contributed by atoms with Gasteiger partial charge in [-0.2, -0.15) is 0 Å². The lowest BCUT2D eigenvalue weighted by Gasteiger charge is -2.11. The monoisotopic (exact) mass is 327 g/mol. The molecule has 0 aliphatic carbocycles. The summed E-state index contributed by atoms with van der Waals surface area (Å²) in [6.07, 6.45) is 0.632. The van der Waals surface area contributed by atoms with E-state index in [1.165, 1.54) is 0 Å². The van der Waals surface area contributed by atoms with E-state index in [0.717, 1.165) is 5.52 Å². The number of nitrogens with one attached hydrogen (secondary N) is 2. The van der Waals surface area contributed by atoms with Crippen LogP contribution < -0.4 is 10.1 Å². The molecule has 1 amide bonds. The number of anilines is 1. The molecule has 3 rings (SSSR count). The second-order valence-electron chi connectivity index (χ2n) is 5.23. The number of fused-ring (bicyclic) bond motifs is 1. The normalized spacial score (nSPS) is 12.1. The zero-order valence-corrected chi connectivity index (χ0v) is 12.8. The molecule has 0 saturated heterocycles. The molecule has 124 valence electrons. The van der Waals surface area contributed by atoms with Crippen molar-refractivity contribution in [2.45, 2.75) is 6.10 Å². The summed E-state index contributed by atoms with van der Waals surface area (Å²) < 4.78 is 5.31.